The summed E-state index contributed by atoms with van der Waals surface area (Å²) in [7, 11) is 0. The number of rotatable bonds is 2. The zero-order valence-electron chi connectivity index (χ0n) is 5.81. The molecule has 0 heterocycles. The highest BCUT2D eigenvalue weighted by Crippen LogP contribution is 1.79. The third-order valence-electron chi connectivity index (χ3n) is 0.815. The molecule has 0 atom stereocenters. The van der Waals surface area contributed by atoms with Gasteiger partial charge in [0.25, 0.3) is 0 Å². The van der Waals surface area contributed by atoms with Gasteiger partial charge in [0.1, 0.15) is 0 Å². The first-order valence-corrected chi connectivity index (χ1v) is 2.95. The lowest BCUT2D eigenvalue weighted by molar-refractivity contribution is 1.13. The van der Waals surface area contributed by atoms with E-state index in [-0.39, 0.29) is 0 Å². The van der Waals surface area contributed by atoms with E-state index in [1.54, 1.807) is 0 Å². The molecular formula is C7H13N. The minimum atomic E-state index is 0.885. The van der Waals surface area contributed by atoms with Crippen LogP contribution in [-0.2, 0) is 0 Å². The molecule has 1 heteroatoms. The van der Waals surface area contributed by atoms with Crippen molar-refractivity contribution < 1.29 is 0 Å². The van der Waals surface area contributed by atoms with E-state index in [1.165, 1.54) is 0 Å². The van der Waals surface area contributed by atoms with Gasteiger partial charge in [0.2, 0.25) is 0 Å². The van der Waals surface area contributed by atoms with Gasteiger partial charge in [-0.2, -0.15) is 0 Å². The van der Waals surface area contributed by atoms with E-state index in [0.717, 1.165) is 12.3 Å². The average Bonchev–Trinajstić information content (AvgIpc) is 1.68. The smallest absolute Gasteiger partial charge is 0.0364 e. The van der Waals surface area contributed by atoms with Gasteiger partial charge in [-0.25, -0.2) is 0 Å². The van der Waals surface area contributed by atoms with E-state index < -0.39 is 0 Å². The molecule has 0 aromatic carbocycles. The lowest BCUT2D eigenvalue weighted by Crippen LogP contribution is -1.83. The number of allylic oxidation sites excluding steroid dienone is 2. The van der Waals surface area contributed by atoms with Crippen molar-refractivity contribution in [1.82, 2.24) is 0 Å². The monoisotopic (exact) mass is 111 g/mol. The van der Waals surface area contributed by atoms with Gasteiger partial charge < -0.3 is 0 Å². The molecule has 0 aromatic heterocycles. The Bertz CT molecular complexity index is 101. The maximum Gasteiger partial charge on any atom is 0.0364 e. The Morgan fingerprint density at radius 3 is 2.62 bits per heavy atom. The molecule has 8 heavy (non-hydrogen) atoms. The highest BCUT2D eigenvalue weighted by atomic mass is 14.7. The summed E-state index contributed by atoms with van der Waals surface area (Å²) in [6.45, 7) is 6.92. The predicted octanol–water partition coefficient (Wildman–Crippen LogP) is 2.04. The molecule has 0 N–H and O–H groups in total. The molecule has 0 aliphatic heterocycles. The van der Waals surface area contributed by atoms with Crippen LogP contribution in [0, 0.1) is 0 Å². The lowest BCUT2D eigenvalue weighted by Gasteiger charge is -1.85. The molecule has 0 rings (SSSR count). The maximum atomic E-state index is 4.14. The van der Waals surface area contributed by atoms with Gasteiger partial charge in [-0.05, 0) is 26.8 Å². The first-order valence-electron chi connectivity index (χ1n) is 2.95. The average molecular weight is 111 g/mol. The normalized spacial score (nSPS) is 13.1. The second-order valence-corrected chi connectivity index (χ2v) is 1.62. The Kier molecular flexibility index (Phi) is 4.23. The Morgan fingerprint density at radius 2 is 2.25 bits per heavy atom. The third kappa shape index (κ3) is 3.59. The molecule has 0 aromatic rings. The minimum Gasteiger partial charge on any atom is -0.290 e. The van der Waals surface area contributed by atoms with Crippen LogP contribution in [0.15, 0.2) is 17.1 Å². The number of nitrogens with zero attached hydrogens (tertiary/aromatic N) is 1. The zero-order chi connectivity index (χ0) is 6.41. The highest BCUT2D eigenvalue weighted by Gasteiger charge is 1.75. The van der Waals surface area contributed by atoms with Crippen LogP contribution in [0.1, 0.15) is 20.8 Å². The van der Waals surface area contributed by atoms with Crippen molar-refractivity contribution in [3.8, 4) is 0 Å². The molecule has 0 fully saturated rings. The van der Waals surface area contributed by atoms with Gasteiger partial charge in [0, 0.05) is 12.3 Å². The van der Waals surface area contributed by atoms with Crippen LogP contribution < -0.4 is 0 Å². The van der Waals surface area contributed by atoms with Gasteiger partial charge >= 0.3 is 0 Å². The summed E-state index contributed by atoms with van der Waals surface area (Å²) >= 11 is 0. The van der Waals surface area contributed by atoms with Crippen molar-refractivity contribution in [2.45, 2.75) is 20.8 Å². The molecule has 46 valence electrons. The number of hydrogen-bond acceptors (Lipinski definition) is 1. The molecule has 0 saturated heterocycles. The fourth-order valence-corrected chi connectivity index (χ4v) is 0.543. The molecule has 1 nitrogen and oxygen atoms in total. The Labute approximate surface area is 51.1 Å². The highest BCUT2D eigenvalue weighted by molar-refractivity contribution is 5.92. The topological polar surface area (TPSA) is 12.4 Å². The summed E-state index contributed by atoms with van der Waals surface area (Å²) in [6, 6.07) is 0. The Morgan fingerprint density at radius 1 is 1.62 bits per heavy atom. The van der Waals surface area contributed by atoms with Crippen molar-refractivity contribution in [3.05, 3.63) is 12.2 Å². The molecule has 0 aliphatic carbocycles. The molecule has 0 aliphatic rings. The Hall–Kier alpha value is -0.590. The van der Waals surface area contributed by atoms with Gasteiger partial charge in [-0.15, -0.1) is 0 Å². The van der Waals surface area contributed by atoms with Crippen LogP contribution >= 0.6 is 0 Å². The summed E-state index contributed by atoms with van der Waals surface area (Å²) < 4.78 is 0. The maximum absolute atomic E-state index is 4.14. The van der Waals surface area contributed by atoms with Crippen LogP contribution in [0.2, 0.25) is 0 Å². The lowest BCUT2D eigenvalue weighted by atomic mass is 10.4. The van der Waals surface area contributed by atoms with Crippen molar-refractivity contribution in [2.75, 3.05) is 6.54 Å². The molecule has 0 spiro atoms. The van der Waals surface area contributed by atoms with E-state index in [4.69, 9.17) is 0 Å². The SMILES string of the molecule is C/C=C\C(C)=N/CC. The second-order valence-electron chi connectivity index (χ2n) is 1.62. The predicted molar refractivity (Wildman–Crippen MR) is 38.5 cm³/mol. The summed E-state index contributed by atoms with van der Waals surface area (Å²) in [4.78, 5) is 4.14. The van der Waals surface area contributed by atoms with E-state index in [1.807, 2.05) is 32.9 Å². The molecule has 0 radical (unpaired) electrons. The summed E-state index contributed by atoms with van der Waals surface area (Å²) in [6.07, 6.45) is 4.00. The van der Waals surface area contributed by atoms with Crippen molar-refractivity contribution >= 4 is 5.71 Å². The van der Waals surface area contributed by atoms with Gasteiger partial charge in [-0.3, -0.25) is 4.99 Å². The number of hydrogen-bond donors (Lipinski definition) is 0. The van der Waals surface area contributed by atoms with Crippen LogP contribution in [0.5, 0.6) is 0 Å². The summed E-state index contributed by atoms with van der Waals surface area (Å²) in [5.41, 5.74) is 1.11. The second kappa shape index (κ2) is 4.57. The standard InChI is InChI=1S/C7H13N/c1-4-6-7(3)8-5-2/h4,6H,5H2,1-3H3/b6-4-,8-7-. The van der Waals surface area contributed by atoms with Crippen molar-refractivity contribution in [2.24, 2.45) is 4.99 Å². The molecule has 0 unspecified atom stereocenters. The quantitative estimate of drug-likeness (QED) is 0.483. The third-order valence-corrected chi connectivity index (χ3v) is 0.815. The van der Waals surface area contributed by atoms with Crippen LogP contribution in [0.4, 0.5) is 0 Å². The molecule has 0 amide bonds. The molecule has 0 bridgehead atoms. The van der Waals surface area contributed by atoms with Gasteiger partial charge in [0.15, 0.2) is 0 Å². The van der Waals surface area contributed by atoms with Crippen LogP contribution in [0.3, 0.4) is 0 Å². The first kappa shape index (κ1) is 7.41. The largest absolute Gasteiger partial charge is 0.290 e. The van der Waals surface area contributed by atoms with Crippen LogP contribution in [-0.4, -0.2) is 12.3 Å². The number of aliphatic imine (C=N–C) groups is 1. The van der Waals surface area contributed by atoms with E-state index in [9.17, 15) is 0 Å². The summed E-state index contributed by atoms with van der Waals surface area (Å²) in [5, 5.41) is 0. The fraction of sp³-hybridized carbons (Fsp3) is 0.571. The fourth-order valence-electron chi connectivity index (χ4n) is 0.543. The van der Waals surface area contributed by atoms with E-state index >= 15 is 0 Å². The molecular weight excluding hydrogens is 98.1 g/mol. The van der Waals surface area contributed by atoms with Crippen molar-refractivity contribution in [3.63, 3.8) is 0 Å². The Balaban J connectivity index is 3.61. The van der Waals surface area contributed by atoms with Crippen LogP contribution in [0.25, 0.3) is 0 Å². The molecule has 0 saturated carbocycles. The van der Waals surface area contributed by atoms with E-state index in [2.05, 4.69) is 4.99 Å². The zero-order valence-corrected chi connectivity index (χ0v) is 5.81. The van der Waals surface area contributed by atoms with Gasteiger partial charge in [-0.1, -0.05) is 6.08 Å². The van der Waals surface area contributed by atoms with Crippen molar-refractivity contribution in [1.29, 1.82) is 0 Å². The van der Waals surface area contributed by atoms with E-state index in [0.29, 0.717) is 0 Å². The summed E-state index contributed by atoms with van der Waals surface area (Å²) in [5.74, 6) is 0. The minimum absolute atomic E-state index is 0.885. The first-order chi connectivity index (χ1) is 3.81. The van der Waals surface area contributed by atoms with Gasteiger partial charge in [0.05, 0.1) is 0 Å².